The molecule has 1 heterocycles. The maximum atomic E-state index is 11.4. The lowest BCUT2D eigenvalue weighted by Crippen LogP contribution is -2.44. The summed E-state index contributed by atoms with van der Waals surface area (Å²) in [5.74, 6) is 0.614. The minimum Gasteiger partial charge on any atom is -0.354 e. The molecule has 1 amide bonds. The molecule has 0 bridgehead atoms. The van der Waals surface area contributed by atoms with Gasteiger partial charge in [-0.15, -0.1) is 11.6 Å². The Morgan fingerprint density at radius 3 is 2.56 bits per heavy atom. The van der Waals surface area contributed by atoms with Crippen LogP contribution in [0, 0.1) is 11.3 Å². The van der Waals surface area contributed by atoms with Crippen LogP contribution in [0.15, 0.2) is 0 Å². The summed E-state index contributed by atoms with van der Waals surface area (Å²) < 4.78 is 0. The van der Waals surface area contributed by atoms with Crippen molar-refractivity contribution in [2.45, 2.75) is 39.0 Å². The third kappa shape index (κ3) is 3.95. The van der Waals surface area contributed by atoms with Gasteiger partial charge in [0.15, 0.2) is 0 Å². The molecule has 0 saturated carbocycles. The predicted octanol–water partition coefficient (Wildman–Crippen LogP) is 1.76. The Morgan fingerprint density at radius 2 is 2.06 bits per heavy atom. The standard InChI is InChI=1S/C12H23ClN2O/c1-9(13)11(16)15-8-12(2,3)10-4-6-14-7-5-10/h9-10,14H,4-8H2,1-3H3,(H,15,16). The zero-order valence-corrected chi connectivity index (χ0v) is 11.2. The number of hydrogen-bond acceptors (Lipinski definition) is 2. The van der Waals surface area contributed by atoms with Crippen LogP contribution in [0.2, 0.25) is 0 Å². The normalized spacial score (nSPS) is 20.5. The topological polar surface area (TPSA) is 41.1 Å². The number of piperidine rings is 1. The van der Waals surface area contributed by atoms with Gasteiger partial charge in [0.1, 0.15) is 5.38 Å². The largest absolute Gasteiger partial charge is 0.354 e. The highest BCUT2D eigenvalue weighted by Crippen LogP contribution is 2.32. The van der Waals surface area contributed by atoms with Crippen molar-refractivity contribution >= 4 is 17.5 Å². The van der Waals surface area contributed by atoms with Crippen molar-refractivity contribution in [3.8, 4) is 0 Å². The lowest BCUT2D eigenvalue weighted by atomic mass is 9.74. The van der Waals surface area contributed by atoms with E-state index in [-0.39, 0.29) is 11.3 Å². The van der Waals surface area contributed by atoms with Crippen molar-refractivity contribution in [3.05, 3.63) is 0 Å². The fourth-order valence-electron chi connectivity index (χ4n) is 2.20. The molecule has 1 aliphatic heterocycles. The highest BCUT2D eigenvalue weighted by molar-refractivity contribution is 6.30. The molecule has 16 heavy (non-hydrogen) atoms. The molecule has 1 unspecified atom stereocenters. The van der Waals surface area contributed by atoms with Gasteiger partial charge in [-0.05, 0) is 44.2 Å². The van der Waals surface area contributed by atoms with E-state index in [1.807, 2.05) is 0 Å². The van der Waals surface area contributed by atoms with Gasteiger partial charge in [0.25, 0.3) is 0 Å². The first-order chi connectivity index (χ1) is 7.43. The highest BCUT2D eigenvalue weighted by Gasteiger charge is 2.31. The number of amides is 1. The SMILES string of the molecule is CC(Cl)C(=O)NCC(C)(C)C1CCNCC1. The maximum Gasteiger partial charge on any atom is 0.237 e. The van der Waals surface area contributed by atoms with Gasteiger partial charge in [-0.25, -0.2) is 0 Å². The van der Waals surface area contributed by atoms with Crippen molar-refractivity contribution in [3.63, 3.8) is 0 Å². The summed E-state index contributed by atoms with van der Waals surface area (Å²) in [7, 11) is 0. The Bertz CT molecular complexity index is 235. The lowest BCUT2D eigenvalue weighted by Gasteiger charge is -2.37. The van der Waals surface area contributed by atoms with Gasteiger partial charge in [0.2, 0.25) is 5.91 Å². The van der Waals surface area contributed by atoms with Gasteiger partial charge >= 0.3 is 0 Å². The molecule has 0 spiro atoms. The minimum absolute atomic E-state index is 0.0660. The average Bonchev–Trinajstić information content (AvgIpc) is 2.27. The van der Waals surface area contributed by atoms with Crippen LogP contribution < -0.4 is 10.6 Å². The maximum absolute atomic E-state index is 11.4. The molecule has 3 nitrogen and oxygen atoms in total. The second kappa shape index (κ2) is 5.87. The fourth-order valence-corrected chi connectivity index (χ4v) is 2.28. The van der Waals surface area contributed by atoms with Crippen LogP contribution in [0.4, 0.5) is 0 Å². The van der Waals surface area contributed by atoms with Crippen LogP contribution in [-0.4, -0.2) is 30.9 Å². The van der Waals surface area contributed by atoms with Crippen molar-refractivity contribution in [1.29, 1.82) is 0 Å². The molecule has 94 valence electrons. The first kappa shape index (κ1) is 13.8. The van der Waals surface area contributed by atoms with E-state index < -0.39 is 5.38 Å². The van der Waals surface area contributed by atoms with Gasteiger partial charge in [-0.3, -0.25) is 4.79 Å². The smallest absolute Gasteiger partial charge is 0.237 e. The van der Waals surface area contributed by atoms with Gasteiger partial charge in [-0.2, -0.15) is 0 Å². The average molecular weight is 247 g/mol. The van der Waals surface area contributed by atoms with E-state index in [9.17, 15) is 4.79 Å². The van der Waals surface area contributed by atoms with Gasteiger partial charge in [0, 0.05) is 6.54 Å². The number of carbonyl (C=O) groups excluding carboxylic acids is 1. The molecule has 0 aromatic rings. The summed E-state index contributed by atoms with van der Waals surface area (Å²) in [6.45, 7) is 9.05. The van der Waals surface area contributed by atoms with Crippen LogP contribution in [0.3, 0.4) is 0 Å². The number of nitrogens with one attached hydrogen (secondary N) is 2. The van der Waals surface area contributed by atoms with E-state index in [0.717, 1.165) is 13.1 Å². The molecule has 1 atom stereocenters. The third-order valence-electron chi connectivity index (χ3n) is 3.52. The summed E-state index contributed by atoms with van der Waals surface area (Å²) in [6, 6.07) is 0. The van der Waals surface area contributed by atoms with E-state index in [1.54, 1.807) is 6.92 Å². The van der Waals surface area contributed by atoms with Crippen molar-refractivity contribution in [2.75, 3.05) is 19.6 Å². The molecule has 2 N–H and O–H groups in total. The second-order valence-electron chi connectivity index (χ2n) is 5.35. The third-order valence-corrected chi connectivity index (χ3v) is 3.72. The van der Waals surface area contributed by atoms with E-state index in [0.29, 0.717) is 12.5 Å². The minimum atomic E-state index is -0.441. The molecule has 1 fully saturated rings. The summed E-state index contributed by atoms with van der Waals surface area (Å²) in [6.07, 6.45) is 2.39. The molecule has 4 heteroatoms. The van der Waals surface area contributed by atoms with Crippen molar-refractivity contribution in [2.24, 2.45) is 11.3 Å². The Labute approximate surface area is 103 Å². The molecule has 0 aliphatic carbocycles. The van der Waals surface area contributed by atoms with Gasteiger partial charge in [-0.1, -0.05) is 13.8 Å². The fraction of sp³-hybridized carbons (Fsp3) is 0.917. The lowest BCUT2D eigenvalue weighted by molar-refractivity contribution is -0.121. The molecule has 0 aromatic carbocycles. The monoisotopic (exact) mass is 246 g/mol. The quantitative estimate of drug-likeness (QED) is 0.743. The second-order valence-corrected chi connectivity index (χ2v) is 6.00. The number of alkyl halides is 1. The summed E-state index contributed by atoms with van der Waals surface area (Å²) >= 11 is 5.72. The van der Waals surface area contributed by atoms with E-state index >= 15 is 0 Å². The molecule has 0 radical (unpaired) electrons. The molecule has 1 aliphatic rings. The zero-order valence-electron chi connectivity index (χ0n) is 10.5. The molecular weight excluding hydrogens is 224 g/mol. The zero-order chi connectivity index (χ0) is 12.2. The summed E-state index contributed by atoms with van der Waals surface area (Å²) in [5.41, 5.74) is 0.156. The predicted molar refractivity (Wildman–Crippen MR) is 67.7 cm³/mol. The first-order valence-corrected chi connectivity index (χ1v) is 6.49. The van der Waals surface area contributed by atoms with Gasteiger partial charge < -0.3 is 10.6 Å². The number of carbonyl (C=O) groups is 1. The number of halogens is 1. The molecule has 1 saturated heterocycles. The van der Waals surface area contributed by atoms with Crippen LogP contribution in [0.25, 0.3) is 0 Å². The molecule has 1 rings (SSSR count). The van der Waals surface area contributed by atoms with E-state index in [1.165, 1.54) is 12.8 Å². The van der Waals surface area contributed by atoms with Gasteiger partial charge in [0.05, 0.1) is 0 Å². The van der Waals surface area contributed by atoms with Crippen LogP contribution >= 0.6 is 11.6 Å². The summed E-state index contributed by atoms with van der Waals surface area (Å²) in [4.78, 5) is 11.4. The Kier molecular flexibility index (Phi) is 5.06. The number of rotatable bonds is 4. The van der Waals surface area contributed by atoms with Crippen molar-refractivity contribution in [1.82, 2.24) is 10.6 Å². The van der Waals surface area contributed by atoms with E-state index in [2.05, 4.69) is 24.5 Å². The summed E-state index contributed by atoms with van der Waals surface area (Å²) in [5, 5.41) is 5.85. The molecular formula is C12H23ClN2O. The first-order valence-electron chi connectivity index (χ1n) is 6.06. The Morgan fingerprint density at radius 1 is 1.50 bits per heavy atom. The van der Waals surface area contributed by atoms with E-state index in [4.69, 9.17) is 11.6 Å². The van der Waals surface area contributed by atoms with Crippen molar-refractivity contribution < 1.29 is 4.79 Å². The highest BCUT2D eigenvalue weighted by atomic mass is 35.5. The van der Waals surface area contributed by atoms with Crippen LogP contribution in [0.1, 0.15) is 33.6 Å². The molecule has 0 aromatic heterocycles. The Hall–Kier alpha value is -0.280. The Balaban J connectivity index is 2.40. The van der Waals surface area contributed by atoms with Crippen LogP contribution in [-0.2, 0) is 4.79 Å². The van der Waals surface area contributed by atoms with Crippen LogP contribution in [0.5, 0.6) is 0 Å². The number of hydrogen-bond donors (Lipinski definition) is 2.